The van der Waals surface area contributed by atoms with E-state index >= 15 is 0 Å². The Morgan fingerprint density at radius 2 is 2.18 bits per heavy atom. The Kier molecular flexibility index (Phi) is 3.77. The molecule has 0 spiro atoms. The van der Waals surface area contributed by atoms with Crippen molar-refractivity contribution in [2.24, 2.45) is 5.73 Å². The summed E-state index contributed by atoms with van der Waals surface area (Å²) in [5.41, 5.74) is 4.40. The van der Waals surface area contributed by atoms with Crippen molar-refractivity contribution in [1.82, 2.24) is 4.90 Å². The number of hydrogen-bond donors (Lipinski definition) is 2. The summed E-state index contributed by atoms with van der Waals surface area (Å²) in [5.74, 6) is -0.428. The van der Waals surface area contributed by atoms with Gasteiger partial charge in [0.2, 0.25) is 0 Å². The van der Waals surface area contributed by atoms with E-state index in [-0.39, 0.29) is 13.0 Å². The van der Waals surface area contributed by atoms with E-state index in [1.807, 2.05) is 0 Å². The second-order valence-corrected chi connectivity index (χ2v) is 4.39. The molecule has 0 atom stereocenters. The maximum atomic E-state index is 11.4. The number of amides is 2. The molecule has 0 aliphatic heterocycles. The first-order chi connectivity index (χ1) is 7.83. The van der Waals surface area contributed by atoms with E-state index in [2.05, 4.69) is 0 Å². The highest BCUT2D eigenvalue weighted by Crippen LogP contribution is 2.21. The van der Waals surface area contributed by atoms with Crippen molar-refractivity contribution in [3.05, 3.63) is 24.2 Å². The molecule has 0 aliphatic rings. The van der Waals surface area contributed by atoms with Gasteiger partial charge in [-0.25, -0.2) is 4.79 Å². The fourth-order valence-electron chi connectivity index (χ4n) is 1.61. The zero-order valence-electron chi connectivity index (χ0n) is 9.84. The van der Waals surface area contributed by atoms with Crippen molar-refractivity contribution < 1.29 is 19.1 Å². The average Bonchev–Trinajstić information content (AvgIpc) is 2.63. The van der Waals surface area contributed by atoms with Gasteiger partial charge in [0, 0.05) is 5.54 Å². The molecule has 0 bridgehead atoms. The third-order valence-electron chi connectivity index (χ3n) is 2.47. The van der Waals surface area contributed by atoms with Gasteiger partial charge in [0.15, 0.2) is 0 Å². The van der Waals surface area contributed by atoms with Crippen molar-refractivity contribution in [3.8, 4) is 0 Å². The highest BCUT2D eigenvalue weighted by atomic mass is 16.4. The molecule has 6 heteroatoms. The number of carboxylic acids is 1. The van der Waals surface area contributed by atoms with Crippen LogP contribution in [0.25, 0.3) is 0 Å². The van der Waals surface area contributed by atoms with Crippen LogP contribution >= 0.6 is 0 Å². The quantitative estimate of drug-likeness (QED) is 0.813. The largest absolute Gasteiger partial charge is 0.481 e. The fourth-order valence-corrected chi connectivity index (χ4v) is 1.61. The maximum Gasteiger partial charge on any atom is 0.315 e. The lowest BCUT2D eigenvalue weighted by Gasteiger charge is -2.35. The number of furan rings is 1. The second-order valence-electron chi connectivity index (χ2n) is 4.39. The Hall–Kier alpha value is -1.98. The monoisotopic (exact) mass is 240 g/mol. The molecule has 2 amide bonds. The molecule has 3 N–H and O–H groups in total. The fraction of sp³-hybridized carbons (Fsp3) is 0.455. The van der Waals surface area contributed by atoms with Crippen molar-refractivity contribution in [2.75, 3.05) is 0 Å². The van der Waals surface area contributed by atoms with Crippen LogP contribution in [0, 0.1) is 0 Å². The minimum Gasteiger partial charge on any atom is -0.481 e. The van der Waals surface area contributed by atoms with E-state index in [0.717, 1.165) is 0 Å². The van der Waals surface area contributed by atoms with Crippen LogP contribution in [0.2, 0.25) is 0 Å². The number of carboxylic acid groups (broad SMARTS) is 1. The van der Waals surface area contributed by atoms with Crippen LogP contribution in [0.15, 0.2) is 22.8 Å². The summed E-state index contributed by atoms with van der Waals surface area (Å²) in [6.45, 7) is 3.45. The topological polar surface area (TPSA) is 96.8 Å². The summed E-state index contributed by atoms with van der Waals surface area (Å²) >= 11 is 0. The van der Waals surface area contributed by atoms with Gasteiger partial charge in [0.05, 0.1) is 19.2 Å². The van der Waals surface area contributed by atoms with Gasteiger partial charge < -0.3 is 20.2 Å². The minimum atomic E-state index is -0.985. The summed E-state index contributed by atoms with van der Waals surface area (Å²) in [6.07, 6.45) is 1.30. The van der Waals surface area contributed by atoms with E-state index in [0.29, 0.717) is 5.76 Å². The van der Waals surface area contributed by atoms with E-state index in [1.165, 1.54) is 11.2 Å². The summed E-state index contributed by atoms with van der Waals surface area (Å²) in [4.78, 5) is 23.4. The number of carbonyl (C=O) groups excluding carboxylic acids is 1. The second kappa shape index (κ2) is 4.90. The van der Waals surface area contributed by atoms with Gasteiger partial charge in [-0.15, -0.1) is 0 Å². The van der Waals surface area contributed by atoms with E-state index in [1.54, 1.807) is 26.0 Å². The molecule has 0 aromatic carbocycles. The first-order valence-electron chi connectivity index (χ1n) is 5.14. The highest BCUT2D eigenvalue weighted by Gasteiger charge is 2.32. The number of aliphatic carboxylic acids is 1. The van der Waals surface area contributed by atoms with Crippen LogP contribution in [-0.2, 0) is 11.3 Å². The molecule has 6 nitrogen and oxygen atoms in total. The molecular weight excluding hydrogens is 224 g/mol. The molecule has 1 aromatic heterocycles. The third-order valence-corrected chi connectivity index (χ3v) is 2.47. The summed E-state index contributed by atoms with van der Waals surface area (Å²) in [7, 11) is 0. The number of nitrogens with zero attached hydrogens (tertiary/aromatic N) is 1. The minimum absolute atomic E-state index is 0.155. The first-order valence-corrected chi connectivity index (χ1v) is 5.14. The maximum absolute atomic E-state index is 11.4. The zero-order valence-corrected chi connectivity index (χ0v) is 9.84. The molecule has 1 aromatic rings. The summed E-state index contributed by atoms with van der Waals surface area (Å²) < 4.78 is 5.12. The predicted octanol–water partition coefficient (Wildman–Crippen LogP) is 1.41. The Bertz CT molecular complexity index is 398. The number of hydrogen-bond acceptors (Lipinski definition) is 3. The number of rotatable bonds is 5. The van der Waals surface area contributed by atoms with Gasteiger partial charge in [-0.2, -0.15) is 0 Å². The standard InChI is InChI=1S/C11H16N2O4/c1-11(2,6-9(14)15)13(10(12)16)7-8-4-3-5-17-8/h3-5H,6-7H2,1-2H3,(H2,12,16)(H,14,15). The lowest BCUT2D eigenvalue weighted by Crippen LogP contribution is -2.50. The predicted molar refractivity (Wildman–Crippen MR) is 60.2 cm³/mol. The smallest absolute Gasteiger partial charge is 0.315 e. The van der Waals surface area contributed by atoms with Crippen molar-refractivity contribution in [2.45, 2.75) is 32.4 Å². The van der Waals surface area contributed by atoms with Crippen molar-refractivity contribution in [3.63, 3.8) is 0 Å². The van der Waals surface area contributed by atoms with E-state index < -0.39 is 17.5 Å². The Morgan fingerprint density at radius 3 is 2.59 bits per heavy atom. The van der Waals surface area contributed by atoms with E-state index in [9.17, 15) is 9.59 Å². The molecule has 0 aliphatic carbocycles. The van der Waals surface area contributed by atoms with Crippen LogP contribution < -0.4 is 5.73 Å². The molecule has 0 saturated heterocycles. The lowest BCUT2D eigenvalue weighted by atomic mass is 9.98. The normalized spacial score (nSPS) is 11.2. The molecule has 0 unspecified atom stereocenters. The van der Waals surface area contributed by atoms with Gasteiger partial charge in [0.1, 0.15) is 5.76 Å². The zero-order chi connectivity index (χ0) is 13.1. The molecule has 0 saturated carbocycles. The van der Waals surface area contributed by atoms with Crippen LogP contribution in [-0.4, -0.2) is 27.5 Å². The Morgan fingerprint density at radius 1 is 1.53 bits per heavy atom. The molecule has 0 fully saturated rings. The van der Waals surface area contributed by atoms with E-state index in [4.69, 9.17) is 15.3 Å². The molecule has 17 heavy (non-hydrogen) atoms. The number of nitrogens with two attached hydrogens (primary N) is 1. The van der Waals surface area contributed by atoms with Gasteiger partial charge in [0.25, 0.3) is 0 Å². The Balaban J connectivity index is 2.85. The van der Waals surface area contributed by atoms with Gasteiger partial charge in [-0.1, -0.05) is 0 Å². The molecule has 1 rings (SSSR count). The van der Waals surface area contributed by atoms with Crippen molar-refractivity contribution >= 4 is 12.0 Å². The summed E-state index contributed by atoms with van der Waals surface area (Å²) in [6, 6.07) is 2.72. The number of carbonyl (C=O) groups is 2. The number of urea groups is 1. The van der Waals surface area contributed by atoms with Crippen LogP contribution in [0.4, 0.5) is 4.79 Å². The molecule has 0 radical (unpaired) electrons. The average molecular weight is 240 g/mol. The van der Waals surface area contributed by atoms with Gasteiger partial charge in [-0.3, -0.25) is 4.79 Å². The SMILES string of the molecule is CC(C)(CC(=O)O)N(Cc1ccco1)C(N)=O. The Labute approximate surface area is 99.0 Å². The van der Waals surface area contributed by atoms with Crippen molar-refractivity contribution in [1.29, 1.82) is 0 Å². The van der Waals surface area contributed by atoms with Gasteiger partial charge in [-0.05, 0) is 26.0 Å². The molecule has 1 heterocycles. The van der Waals surface area contributed by atoms with Crippen LogP contribution in [0.1, 0.15) is 26.0 Å². The molecule has 94 valence electrons. The lowest BCUT2D eigenvalue weighted by molar-refractivity contribution is -0.139. The third kappa shape index (κ3) is 3.51. The van der Waals surface area contributed by atoms with Crippen LogP contribution in [0.3, 0.4) is 0 Å². The van der Waals surface area contributed by atoms with Gasteiger partial charge >= 0.3 is 12.0 Å². The number of primary amides is 1. The molecular formula is C11H16N2O4. The van der Waals surface area contributed by atoms with Crippen LogP contribution in [0.5, 0.6) is 0 Å². The summed E-state index contributed by atoms with van der Waals surface area (Å²) in [5, 5.41) is 8.80. The first kappa shape index (κ1) is 13.1. The highest BCUT2D eigenvalue weighted by molar-refractivity contribution is 5.75.